The molecule has 2 aromatic carbocycles. The Labute approximate surface area is 132 Å². The van der Waals surface area contributed by atoms with E-state index in [4.69, 9.17) is 11.6 Å². The van der Waals surface area contributed by atoms with Crippen LogP contribution in [-0.4, -0.2) is 7.05 Å². The zero-order valence-corrected chi connectivity index (χ0v) is 13.2. The monoisotopic (exact) mass is 299 g/mol. The van der Waals surface area contributed by atoms with Gasteiger partial charge in [-0.3, -0.25) is 0 Å². The fraction of sp³-hybridized carbons (Fsp3) is 0.368. The van der Waals surface area contributed by atoms with E-state index >= 15 is 0 Å². The fourth-order valence-corrected chi connectivity index (χ4v) is 3.14. The summed E-state index contributed by atoms with van der Waals surface area (Å²) in [5, 5.41) is 4.25. The van der Waals surface area contributed by atoms with Gasteiger partial charge in [0.1, 0.15) is 0 Å². The van der Waals surface area contributed by atoms with Gasteiger partial charge in [-0.25, -0.2) is 0 Å². The lowest BCUT2D eigenvalue weighted by Crippen LogP contribution is -2.19. The van der Waals surface area contributed by atoms with Crippen LogP contribution in [0.1, 0.15) is 47.9 Å². The zero-order valence-electron chi connectivity index (χ0n) is 12.5. The highest BCUT2D eigenvalue weighted by atomic mass is 35.5. The summed E-state index contributed by atoms with van der Waals surface area (Å²) in [6.07, 6.45) is 5.08. The van der Waals surface area contributed by atoms with E-state index in [1.807, 2.05) is 19.2 Å². The minimum Gasteiger partial charge on any atom is -0.313 e. The molecule has 3 rings (SSSR count). The Morgan fingerprint density at radius 2 is 1.90 bits per heavy atom. The third-order valence-corrected chi connectivity index (χ3v) is 4.84. The summed E-state index contributed by atoms with van der Waals surface area (Å²) in [6, 6.07) is 17.6. The van der Waals surface area contributed by atoms with Gasteiger partial charge in [0.2, 0.25) is 0 Å². The van der Waals surface area contributed by atoms with Crippen LogP contribution in [0.2, 0.25) is 5.02 Å². The van der Waals surface area contributed by atoms with Gasteiger partial charge in [-0.1, -0.05) is 54.4 Å². The van der Waals surface area contributed by atoms with Crippen molar-refractivity contribution < 1.29 is 0 Å². The van der Waals surface area contributed by atoms with E-state index in [1.165, 1.54) is 36.0 Å². The molecular formula is C19H22ClN. The Morgan fingerprint density at radius 1 is 1.14 bits per heavy atom. The Bertz CT molecular complexity index is 587. The van der Waals surface area contributed by atoms with Crippen LogP contribution in [0, 0.1) is 0 Å². The Balaban J connectivity index is 1.77. The maximum absolute atomic E-state index is 5.96. The number of likely N-dealkylation sites (N-methyl/N-ethyl adjacent to an activating group) is 1. The van der Waals surface area contributed by atoms with Crippen molar-refractivity contribution in [3.05, 3.63) is 70.2 Å². The zero-order chi connectivity index (χ0) is 14.7. The number of nitrogens with one attached hydrogen (secondary N) is 1. The van der Waals surface area contributed by atoms with Crippen LogP contribution in [0.5, 0.6) is 0 Å². The van der Waals surface area contributed by atoms with E-state index in [-0.39, 0.29) is 0 Å². The lowest BCUT2D eigenvalue weighted by Gasteiger charge is -2.27. The average molecular weight is 300 g/mol. The van der Waals surface area contributed by atoms with Gasteiger partial charge in [0.25, 0.3) is 0 Å². The lowest BCUT2D eigenvalue weighted by atomic mass is 9.79. The number of hydrogen-bond acceptors (Lipinski definition) is 1. The molecule has 1 atom stereocenters. The second kappa shape index (κ2) is 6.64. The number of halogens is 1. The van der Waals surface area contributed by atoms with E-state index in [0.717, 1.165) is 17.4 Å². The van der Waals surface area contributed by atoms with Gasteiger partial charge in [0.05, 0.1) is 0 Å². The van der Waals surface area contributed by atoms with Crippen molar-refractivity contribution in [2.75, 3.05) is 7.05 Å². The summed E-state index contributed by atoms with van der Waals surface area (Å²) >= 11 is 5.96. The predicted octanol–water partition coefficient (Wildman–Crippen LogP) is 5.11. The molecule has 0 radical (unpaired) electrons. The summed E-state index contributed by atoms with van der Waals surface area (Å²) in [7, 11) is 2.04. The van der Waals surface area contributed by atoms with Crippen molar-refractivity contribution in [2.45, 2.75) is 37.6 Å². The highest BCUT2D eigenvalue weighted by Gasteiger charge is 2.20. The van der Waals surface area contributed by atoms with E-state index in [0.29, 0.717) is 6.04 Å². The smallest absolute Gasteiger partial charge is 0.0406 e. The molecule has 2 aromatic rings. The standard InChI is InChI=1S/C19H22ClN/c1-21-19(12-14-8-10-18(20)11-9-14)17-7-3-6-16(13-17)15-4-2-5-15/h3,6-11,13,15,19,21H,2,4-5,12H2,1H3. The van der Waals surface area contributed by atoms with Crippen LogP contribution in [-0.2, 0) is 6.42 Å². The molecule has 1 fully saturated rings. The summed E-state index contributed by atoms with van der Waals surface area (Å²) in [6.45, 7) is 0. The van der Waals surface area contributed by atoms with Gasteiger partial charge >= 0.3 is 0 Å². The van der Waals surface area contributed by atoms with Crippen molar-refractivity contribution in [3.63, 3.8) is 0 Å². The molecule has 1 nitrogen and oxygen atoms in total. The number of rotatable bonds is 5. The van der Waals surface area contributed by atoms with Gasteiger partial charge in [-0.05, 0) is 61.1 Å². The molecular weight excluding hydrogens is 278 g/mol. The molecule has 1 aliphatic rings. The van der Waals surface area contributed by atoms with Crippen LogP contribution in [0.25, 0.3) is 0 Å². The predicted molar refractivity (Wildman–Crippen MR) is 90.0 cm³/mol. The molecule has 1 saturated carbocycles. The Kier molecular flexibility index (Phi) is 4.62. The number of hydrogen-bond donors (Lipinski definition) is 1. The maximum Gasteiger partial charge on any atom is 0.0406 e. The summed E-state index contributed by atoms with van der Waals surface area (Å²) in [5.74, 6) is 0.790. The summed E-state index contributed by atoms with van der Waals surface area (Å²) < 4.78 is 0. The quantitative estimate of drug-likeness (QED) is 0.809. The van der Waals surface area contributed by atoms with E-state index in [2.05, 4.69) is 41.7 Å². The van der Waals surface area contributed by atoms with Gasteiger partial charge in [-0.15, -0.1) is 0 Å². The minimum absolute atomic E-state index is 0.353. The number of benzene rings is 2. The van der Waals surface area contributed by atoms with Crippen molar-refractivity contribution in [1.29, 1.82) is 0 Å². The Morgan fingerprint density at radius 3 is 2.52 bits per heavy atom. The first-order valence-electron chi connectivity index (χ1n) is 7.78. The van der Waals surface area contributed by atoms with Gasteiger partial charge in [0, 0.05) is 11.1 Å². The van der Waals surface area contributed by atoms with Crippen molar-refractivity contribution >= 4 is 11.6 Å². The first-order chi connectivity index (χ1) is 10.3. The topological polar surface area (TPSA) is 12.0 Å². The van der Waals surface area contributed by atoms with E-state index in [1.54, 1.807) is 0 Å². The van der Waals surface area contributed by atoms with Crippen molar-refractivity contribution in [1.82, 2.24) is 5.32 Å². The normalized spacial score (nSPS) is 16.5. The molecule has 0 spiro atoms. The highest BCUT2D eigenvalue weighted by Crippen LogP contribution is 2.37. The molecule has 1 unspecified atom stereocenters. The molecule has 0 amide bonds. The highest BCUT2D eigenvalue weighted by molar-refractivity contribution is 6.30. The van der Waals surface area contributed by atoms with Crippen LogP contribution in [0.3, 0.4) is 0 Å². The molecule has 0 aliphatic heterocycles. The van der Waals surface area contributed by atoms with Crippen LogP contribution in [0.4, 0.5) is 0 Å². The van der Waals surface area contributed by atoms with Gasteiger partial charge in [-0.2, -0.15) is 0 Å². The second-order valence-electron chi connectivity index (χ2n) is 5.97. The summed E-state index contributed by atoms with van der Waals surface area (Å²) in [4.78, 5) is 0. The molecule has 0 bridgehead atoms. The van der Waals surface area contributed by atoms with Crippen molar-refractivity contribution in [2.24, 2.45) is 0 Å². The summed E-state index contributed by atoms with van der Waals surface area (Å²) in [5.41, 5.74) is 4.21. The minimum atomic E-state index is 0.353. The van der Waals surface area contributed by atoms with Crippen molar-refractivity contribution in [3.8, 4) is 0 Å². The van der Waals surface area contributed by atoms with E-state index < -0.39 is 0 Å². The lowest BCUT2D eigenvalue weighted by molar-refractivity contribution is 0.419. The van der Waals surface area contributed by atoms with E-state index in [9.17, 15) is 0 Å². The van der Waals surface area contributed by atoms with Crippen LogP contribution in [0.15, 0.2) is 48.5 Å². The van der Waals surface area contributed by atoms with Crippen LogP contribution < -0.4 is 5.32 Å². The molecule has 2 heteroatoms. The maximum atomic E-state index is 5.96. The van der Waals surface area contributed by atoms with Crippen LogP contribution >= 0.6 is 11.6 Å². The molecule has 1 aliphatic carbocycles. The molecule has 0 saturated heterocycles. The Hall–Kier alpha value is -1.31. The SMILES string of the molecule is CNC(Cc1ccc(Cl)cc1)c1cccc(C2CCC2)c1. The molecule has 1 N–H and O–H groups in total. The molecule has 0 heterocycles. The second-order valence-corrected chi connectivity index (χ2v) is 6.41. The van der Waals surface area contributed by atoms with Gasteiger partial charge in [0.15, 0.2) is 0 Å². The molecule has 0 aromatic heterocycles. The molecule has 110 valence electrons. The van der Waals surface area contributed by atoms with Gasteiger partial charge < -0.3 is 5.32 Å². The average Bonchev–Trinajstić information content (AvgIpc) is 2.45. The first-order valence-corrected chi connectivity index (χ1v) is 8.15. The molecule has 21 heavy (non-hydrogen) atoms. The first kappa shape index (κ1) is 14.6. The fourth-order valence-electron chi connectivity index (χ4n) is 3.01. The third-order valence-electron chi connectivity index (χ3n) is 4.59. The third kappa shape index (κ3) is 3.48. The largest absolute Gasteiger partial charge is 0.313 e.